The van der Waals surface area contributed by atoms with E-state index in [2.05, 4.69) is 44.3 Å². The molecule has 1 aromatic carbocycles. The van der Waals surface area contributed by atoms with Crippen molar-refractivity contribution >= 4 is 11.6 Å². The van der Waals surface area contributed by atoms with Gasteiger partial charge in [-0.15, -0.1) is 0 Å². The Morgan fingerprint density at radius 1 is 1.29 bits per heavy atom. The Bertz CT molecular complexity index is 431. The maximum Gasteiger partial charge on any atom is 0.0408 e. The summed E-state index contributed by atoms with van der Waals surface area (Å²) in [5.74, 6) is 0.809. The van der Waals surface area contributed by atoms with Gasteiger partial charge in [0.25, 0.3) is 0 Å². The van der Waals surface area contributed by atoms with Crippen LogP contribution >= 0.6 is 11.6 Å². The number of hydrogen-bond donors (Lipinski definition) is 1. The highest BCUT2D eigenvalue weighted by atomic mass is 35.5. The van der Waals surface area contributed by atoms with Crippen LogP contribution in [-0.4, -0.2) is 12.6 Å². The van der Waals surface area contributed by atoms with Crippen LogP contribution in [0.15, 0.2) is 24.3 Å². The van der Waals surface area contributed by atoms with Crippen molar-refractivity contribution < 1.29 is 0 Å². The van der Waals surface area contributed by atoms with Gasteiger partial charge in [0.15, 0.2) is 0 Å². The number of rotatable bonds is 6. The lowest BCUT2D eigenvalue weighted by Crippen LogP contribution is -2.41. The Labute approximate surface area is 135 Å². The van der Waals surface area contributed by atoms with E-state index in [9.17, 15) is 0 Å². The quantitative estimate of drug-likeness (QED) is 0.735. The SMILES string of the molecule is CCCNC(Cc1cccc(Cl)c1)C1CCC(C)(C)CC1. The van der Waals surface area contributed by atoms with Crippen LogP contribution in [0.5, 0.6) is 0 Å². The van der Waals surface area contributed by atoms with Crippen molar-refractivity contribution in [1.29, 1.82) is 0 Å². The van der Waals surface area contributed by atoms with Crippen LogP contribution in [-0.2, 0) is 6.42 Å². The second-order valence-corrected chi connectivity index (χ2v) is 7.83. The molecule has 0 radical (unpaired) electrons. The molecule has 0 bridgehead atoms. The van der Waals surface area contributed by atoms with E-state index in [0.29, 0.717) is 11.5 Å². The first-order valence-electron chi connectivity index (χ1n) is 8.48. The standard InChI is InChI=1S/C19H30ClN/c1-4-12-21-18(14-15-6-5-7-17(20)13-15)16-8-10-19(2,3)11-9-16/h5-7,13,16,18,21H,4,8-12,14H2,1-3H3. The van der Waals surface area contributed by atoms with Crippen molar-refractivity contribution in [2.75, 3.05) is 6.54 Å². The lowest BCUT2D eigenvalue weighted by Gasteiger charge is -2.38. The molecule has 21 heavy (non-hydrogen) atoms. The summed E-state index contributed by atoms with van der Waals surface area (Å²) < 4.78 is 0. The molecule has 1 nitrogen and oxygen atoms in total. The number of hydrogen-bond acceptors (Lipinski definition) is 1. The molecule has 0 aliphatic heterocycles. The largest absolute Gasteiger partial charge is 0.313 e. The summed E-state index contributed by atoms with van der Waals surface area (Å²) in [4.78, 5) is 0. The van der Waals surface area contributed by atoms with Gasteiger partial charge in [0.2, 0.25) is 0 Å². The molecular formula is C19H30ClN. The van der Waals surface area contributed by atoms with Gasteiger partial charge in [0, 0.05) is 11.1 Å². The minimum absolute atomic E-state index is 0.544. The number of benzene rings is 1. The van der Waals surface area contributed by atoms with Crippen molar-refractivity contribution in [1.82, 2.24) is 5.32 Å². The van der Waals surface area contributed by atoms with Crippen molar-refractivity contribution in [3.8, 4) is 0 Å². The molecule has 1 aromatic rings. The number of nitrogens with one attached hydrogen (secondary N) is 1. The first-order valence-corrected chi connectivity index (χ1v) is 8.86. The third-order valence-electron chi connectivity index (χ3n) is 4.95. The van der Waals surface area contributed by atoms with Gasteiger partial charge in [0.1, 0.15) is 0 Å². The summed E-state index contributed by atoms with van der Waals surface area (Å²) in [5.41, 5.74) is 1.91. The van der Waals surface area contributed by atoms with E-state index in [1.54, 1.807) is 0 Å². The summed E-state index contributed by atoms with van der Waals surface area (Å²) in [6.45, 7) is 8.18. The Kier molecular flexibility index (Phi) is 6.13. The van der Waals surface area contributed by atoms with Gasteiger partial charge in [-0.25, -0.2) is 0 Å². The van der Waals surface area contributed by atoms with E-state index in [4.69, 9.17) is 11.6 Å². The average molecular weight is 308 g/mol. The zero-order valence-electron chi connectivity index (χ0n) is 13.8. The van der Waals surface area contributed by atoms with E-state index in [0.717, 1.165) is 23.9 Å². The average Bonchev–Trinajstić information content (AvgIpc) is 2.44. The zero-order chi connectivity index (χ0) is 15.3. The van der Waals surface area contributed by atoms with E-state index in [1.807, 2.05) is 6.07 Å². The molecule has 0 heterocycles. The molecule has 0 saturated heterocycles. The maximum absolute atomic E-state index is 6.14. The highest BCUT2D eigenvalue weighted by Gasteiger charge is 2.31. The molecule has 0 amide bonds. The zero-order valence-corrected chi connectivity index (χ0v) is 14.5. The van der Waals surface area contributed by atoms with Crippen molar-refractivity contribution in [3.05, 3.63) is 34.9 Å². The van der Waals surface area contributed by atoms with Gasteiger partial charge in [0.05, 0.1) is 0 Å². The number of halogens is 1. The second-order valence-electron chi connectivity index (χ2n) is 7.40. The van der Waals surface area contributed by atoms with Gasteiger partial charge in [-0.05, 0) is 74.1 Å². The molecule has 0 spiro atoms. The Balaban J connectivity index is 2.00. The molecule has 0 aromatic heterocycles. The summed E-state index contributed by atoms with van der Waals surface area (Å²) in [5, 5.41) is 4.64. The first kappa shape index (κ1) is 16.8. The highest BCUT2D eigenvalue weighted by molar-refractivity contribution is 6.30. The maximum atomic E-state index is 6.14. The van der Waals surface area contributed by atoms with E-state index < -0.39 is 0 Å². The fourth-order valence-electron chi connectivity index (χ4n) is 3.48. The molecule has 1 aliphatic rings. The van der Waals surface area contributed by atoms with Crippen LogP contribution in [0, 0.1) is 11.3 Å². The van der Waals surface area contributed by atoms with Crippen LogP contribution in [0.25, 0.3) is 0 Å². The van der Waals surface area contributed by atoms with Crippen LogP contribution < -0.4 is 5.32 Å². The van der Waals surface area contributed by atoms with Gasteiger partial charge < -0.3 is 5.32 Å². The van der Waals surface area contributed by atoms with Gasteiger partial charge in [-0.2, -0.15) is 0 Å². The van der Waals surface area contributed by atoms with E-state index in [-0.39, 0.29) is 0 Å². The van der Waals surface area contributed by atoms with Gasteiger partial charge in [-0.1, -0.05) is 44.5 Å². The minimum atomic E-state index is 0.544. The minimum Gasteiger partial charge on any atom is -0.313 e. The fourth-order valence-corrected chi connectivity index (χ4v) is 3.69. The molecular weight excluding hydrogens is 278 g/mol. The molecule has 1 aliphatic carbocycles. The molecule has 1 saturated carbocycles. The third-order valence-corrected chi connectivity index (χ3v) is 5.19. The lowest BCUT2D eigenvalue weighted by atomic mass is 9.70. The Morgan fingerprint density at radius 3 is 2.62 bits per heavy atom. The van der Waals surface area contributed by atoms with E-state index >= 15 is 0 Å². The summed E-state index contributed by atoms with van der Waals surface area (Å²) >= 11 is 6.14. The van der Waals surface area contributed by atoms with Crippen molar-refractivity contribution in [3.63, 3.8) is 0 Å². The van der Waals surface area contributed by atoms with Crippen LogP contribution in [0.4, 0.5) is 0 Å². The predicted octanol–water partition coefficient (Wildman–Crippen LogP) is 5.47. The lowest BCUT2D eigenvalue weighted by molar-refractivity contribution is 0.160. The predicted molar refractivity (Wildman–Crippen MR) is 93.0 cm³/mol. The normalized spacial score (nSPS) is 20.4. The van der Waals surface area contributed by atoms with Crippen LogP contribution in [0.1, 0.15) is 58.4 Å². The fraction of sp³-hybridized carbons (Fsp3) is 0.684. The second kappa shape index (κ2) is 7.65. The Morgan fingerprint density at radius 2 is 2.00 bits per heavy atom. The Hall–Kier alpha value is -0.530. The van der Waals surface area contributed by atoms with Crippen LogP contribution in [0.3, 0.4) is 0 Å². The van der Waals surface area contributed by atoms with E-state index in [1.165, 1.54) is 37.7 Å². The van der Waals surface area contributed by atoms with Gasteiger partial charge in [-0.3, -0.25) is 0 Å². The van der Waals surface area contributed by atoms with Crippen molar-refractivity contribution in [2.24, 2.45) is 11.3 Å². The molecule has 2 rings (SSSR count). The monoisotopic (exact) mass is 307 g/mol. The molecule has 1 fully saturated rings. The highest BCUT2D eigenvalue weighted by Crippen LogP contribution is 2.39. The van der Waals surface area contributed by atoms with Crippen LogP contribution in [0.2, 0.25) is 5.02 Å². The first-order chi connectivity index (χ1) is 10.00. The van der Waals surface area contributed by atoms with Crippen molar-refractivity contribution in [2.45, 2.75) is 65.3 Å². The summed E-state index contributed by atoms with van der Waals surface area (Å²) in [6, 6.07) is 8.95. The third kappa shape index (κ3) is 5.30. The molecule has 118 valence electrons. The summed E-state index contributed by atoms with van der Waals surface area (Å²) in [6.07, 6.45) is 7.73. The smallest absolute Gasteiger partial charge is 0.0408 e. The topological polar surface area (TPSA) is 12.0 Å². The van der Waals surface area contributed by atoms with Gasteiger partial charge >= 0.3 is 0 Å². The molecule has 2 heteroatoms. The molecule has 1 unspecified atom stereocenters. The molecule has 1 atom stereocenters. The summed E-state index contributed by atoms with van der Waals surface area (Å²) in [7, 11) is 0. The molecule has 1 N–H and O–H groups in total.